The van der Waals surface area contributed by atoms with Gasteiger partial charge in [-0.2, -0.15) is 5.26 Å². The van der Waals surface area contributed by atoms with Gasteiger partial charge in [0.05, 0.1) is 29.6 Å². The smallest absolute Gasteiger partial charge is 0.339 e. The zero-order valence-corrected chi connectivity index (χ0v) is 22.8. The Balaban J connectivity index is 2.58. The molecule has 0 bridgehead atoms. The van der Waals surface area contributed by atoms with E-state index >= 15 is 4.39 Å². The molecule has 2 rings (SSSR count). The van der Waals surface area contributed by atoms with Crippen molar-refractivity contribution < 1.29 is 35.6 Å². The van der Waals surface area contributed by atoms with Gasteiger partial charge in [-0.1, -0.05) is 27.7 Å². The SMILES string of the molecule is CNS(=O)(=O)c1ccc(S(=O)(=O)NC(=O)Cc2c(C(C)C)cc(C#N)c(F)c2C(C)C)c(C(=O)OC)c1. The van der Waals surface area contributed by atoms with Crippen molar-refractivity contribution in [2.75, 3.05) is 14.2 Å². The van der Waals surface area contributed by atoms with E-state index in [2.05, 4.69) is 9.46 Å². The maximum absolute atomic E-state index is 15.0. The van der Waals surface area contributed by atoms with E-state index in [0.717, 1.165) is 32.4 Å². The Bertz CT molecular complexity index is 1490. The lowest BCUT2D eigenvalue weighted by Gasteiger charge is -2.21. The van der Waals surface area contributed by atoms with Crippen LogP contribution >= 0.6 is 0 Å². The van der Waals surface area contributed by atoms with Crippen molar-refractivity contribution in [1.29, 1.82) is 5.26 Å². The minimum absolute atomic E-state index is 0.132. The number of esters is 1. The molecule has 0 saturated carbocycles. The molecule has 0 unspecified atom stereocenters. The van der Waals surface area contributed by atoms with Crippen molar-refractivity contribution in [3.63, 3.8) is 0 Å². The molecule has 2 aromatic rings. The molecule has 37 heavy (non-hydrogen) atoms. The summed E-state index contributed by atoms with van der Waals surface area (Å²) in [7, 11) is -6.59. The molecule has 0 fully saturated rings. The Morgan fingerprint density at radius 3 is 2.16 bits per heavy atom. The number of sulfonamides is 2. The standard InChI is InChI=1S/C24H28FN3O7S2/c1-13(2)17-9-15(12-26)23(25)22(14(3)4)18(17)11-21(29)28-37(33,34)20-8-7-16(36(31,32)27-5)10-19(20)24(30)35-6/h7-10,13-14,27H,11H2,1-6H3,(H,28,29). The second-order valence-electron chi connectivity index (χ2n) is 8.70. The van der Waals surface area contributed by atoms with E-state index in [0.29, 0.717) is 5.56 Å². The molecule has 0 aliphatic heterocycles. The molecule has 0 radical (unpaired) electrons. The minimum Gasteiger partial charge on any atom is -0.465 e. The number of halogens is 1. The number of nitriles is 1. The van der Waals surface area contributed by atoms with Crippen molar-refractivity contribution in [3.8, 4) is 6.07 Å². The lowest BCUT2D eigenvalue weighted by Crippen LogP contribution is -2.33. The van der Waals surface area contributed by atoms with Crippen LogP contribution in [0.2, 0.25) is 0 Å². The van der Waals surface area contributed by atoms with Crippen LogP contribution in [0.3, 0.4) is 0 Å². The van der Waals surface area contributed by atoms with Crippen LogP contribution < -0.4 is 9.44 Å². The quantitative estimate of drug-likeness (QED) is 0.448. The van der Waals surface area contributed by atoms with E-state index in [4.69, 9.17) is 0 Å². The van der Waals surface area contributed by atoms with Crippen LogP contribution in [0.5, 0.6) is 0 Å². The van der Waals surface area contributed by atoms with Crippen molar-refractivity contribution in [2.24, 2.45) is 0 Å². The number of amides is 1. The maximum Gasteiger partial charge on any atom is 0.339 e. The average molecular weight is 554 g/mol. The van der Waals surface area contributed by atoms with Gasteiger partial charge in [-0.25, -0.2) is 35.5 Å². The zero-order chi connectivity index (χ0) is 28.3. The molecule has 0 saturated heterocycles. The van der Waals surface area contributed by atoms with Gasteiger partial charge in [-0.15, -0.1) is 0 Å². The summed E-state index contributed by atoms with van der Waals surface area (Å²) in [4.78, 5) is 24.1. The molecular weight excluding hydrogens is 525 g/mol. The Kier molecular flexibility index (Phi) is 9.18. The van der Waals surface area contributed by atoms with Crippen LogP contribution in [0.4, 0.5) is 4.39 Å². The normalized spacial score (nSPS) is 11.9. The van der Waals surface area contributed by atoms with Crippen molar-refractivity contribution in [2.45, 2.75) is 55.7 Å². The van der Waals surface area contributed by atoms with Crippen molar-refractivity contribution in [1.82, 2.24) is 9.44 Å². The first-order valence-corrected chi connectivity index (χ1v) is 14.0. The number of hydrogen-bond donors (Lipinski definition) is 2. The van der Waals surface area contributed by atoms with Gasteiger partial charge >= 0.3 is 5.97 Å². The summed E-state index contributed by atoms with van der Waals surface area (Å²) >= 11 is 0. The van der Waals surface area contributed by atoms with Crippen LogP contribution in [0, 0.1) is 17.1 Å². The number of benzene rings is 2. The number of carbonyl (C=O) groups excluding carboxylic acids is 2. The molecule has 0 aliphatic rings. The number of nitrogens with one attached hydrogen (secondary N) is 2. The van der Waals surface area contributed by atoms with E-state index in [1.165, 1.54) is 6.07 Å². The molecular formula is C24H28FN3O7S2. The third-order valence-electron chi connectivity index (χ3n) is 5.58. The van der Waals surface area contributed by atoms with Crippen LogP contribution in [0.1, 0.15) is 72.1 Å². The molecule has 2 aromatic carbocycles. The first-order chi connectivity index (χ1) is 17.1. The highest BCUT2D eigenvalue weighted by Gasteiger charge is 2.29. The fraction of sp³-hybridized carbons (Fsp3) is 0.375. The maximum atomic E-state index is 15.0. The highest BCUT2D eigenvalue weighted by atomic mass is 32.2. The van der Waals surface area contributed by atoms with Gasteiger partial charge in [0.15, 0.2) is 0 Å². The number of carbonyl (C=O) groups is 2. The molecule has 0 atom stereocenters. The Labute approximate surface area is 215 Å². The van der Waals surface area contributed by atoms with Crippen LogP contribution in [0.15, 0.2) is 34.1 Å². The predicted octanol–water partition coefficient (Wildman–Crippen LogP) is 2.69. The number of nitrogens with zero attached hydrogens (tertiary/aromatic N) is 1. The molecule has 0 spiro atoms. The molecule has 0 heterocycles. The van der Waals surface area contributed by atoms with Gasteiger partial charge in [-0.3, -0.25) is 4.79 Å². The van der Waals surface area contributed by atoms with E-state index < -0.39 is 65.4 Å². The molecule has 1 amide bonds. The van der Waals surface area contributed by atoms with Crippen LogP contribution in [-0.2, 0) is 36.0 Å². The molecule has 200 valence electrons. The molecule has 13 heteroatoms. The number of ether oxygens (including phenoxy) is 1. The van der Waals surface area contributed by atoms with Gasteiger partial charge in [0, 0.05) is 0 Å². The summed E-state index contributed by atoms with van der Waals surface area (Å²) in [6.45, 7) is 6.95. The molecule has 0 aliphatic carbocycles. The second kappa shape index (κ2) is 11.4. The van der Waals surface area contributed by atoms with E-state index in [9.17, 15) is 31.7 Å². The summed E-state index contributed by atoms with van der Waals surface area (Å²) in [5.41, 5.74) is 0.133. The zero-order valence-electron chi connectivity index (χ0n) is 21.2. The van der Waals surface area contributed by atoms with Crippen molar-refractivity contribution >= 4 is 31.9 Å². The molecule has 10 nitrogen and oxygen atoms in total. The third kappa shape index (κ3) is 6.33. The van der Waals surface area contributed by atoms with Crippen LogP contribution in [-0.4, -0.2) is 42.9 Å². The van der Waals surface area contributed by atoms with Gasteiger partial charge < -0.3 is 4.74 Å². The van der Waals surface area contributed by atoms with E-state index in [1.807, 2.05) is 4.72 Å². The summed E-state index contributed by atoms with van der Waals surface area (Å²) in [5.74, 6) is -3.56. The van der Waals surface area contributed by atoms with Crippen molar-refractivity contribution in [3.05, 3.63) is 57.9 Å². The molecule has 2 N–H and O–H groups in total. The van der Waals surface area contributed by atoms with E-state index in [1.54, 1.807) is 33.8 Å². The summed E-state index contributed by atoms with van der Waals surface area (Å²) in [6.07, 6.45) is -0.525. The Morgan fingerprint density at radius 2 is 1.68 bits per heavy atom. The topological polar surface area (TPSA) is 159 Å². The summed E-state index contributed by atoms with van der Waals surface area (Å²) in [5, 5.41) is 9.33. The highest BCUT2D eigenvalue weighted by Crippen LogP contribution is 2.33. The van der Waals surface area contributed by atoms with Gasteiger partial charge in [0.25, 0.3) is 10.0 Å². The van der Waals surface area contributed by atoms with Gasteiger partial charge in [-0.05, 0) is 59.8 Å². The van der Waals surface area contributed by atoms with Gasteiger partial charge in [0.1, 0.15) is 16.8 Å². The minimum atomic E-state index is -4.69. The third-order valence-corrected chi connectivity index (χ3v) is 8.42. The monoisotopic (exact) mass is 553 g/mol. The fourth-order valence-corrected chi connectivity index (χ4v) is 5.75. The lowest BCUT2D eigenvalue weighted by atomic mass is 9.85. The van der Waals surface area contributed by atoms with Gasteiger partial charge in [0.2, 0.25) is 15.9 Å². The number of rotatable bonds is 9. The summed E-state index contributed by atoms with van der Waals surface area (Å²) < 4.78 is 74.0. The van der Waals surface area contributed by atoms with Crippen LogP contribution in [0.25, 0.3) is 0 Å². The fourth-order valence-electron chi connectivity index (χ4n) is 3.83. The number of hydrogen-bond acceptors (Lipinski definition) is 8. The first kappa shape index (κ1) is 29.9. The molecule has 0 aromatic heterocycles. The second-order valence-corrected chi connectivity index (χ2v) is 12.2. The Hall–Kier alpha value is -3.34. The number of methoxy groups -OCH3 is 1. The average Bonchev–Trinajstić information content (AvgIpc) is 2.82. The van der Waals surface area contributed by atoms with E-state index in [-0.39, 0.29) is 22.6 Å². The highest BCUT2D eigenvalue weighted by molar-refractivity contribution is 7.90. The first-order valence-electron chi connectivity index (χ1n) is 11.1. The largest absolute Gasteiger partial charge is 0.465 e. The lowest BCUT2D eigenvalue weighted by molar-refractivity contribution is -0.118. The summed E-state index contributed by atoms with van der Waals surface area (Å²) in [6, 6.07) is 5.80. The Morgan fingerprint density at radius 1 is 1.05 bits per heavy atom. The predicted molar refractivity (Wildman–Crippen MR) is 132 cm³/mol.